The van der Waals surface area contributed by atoms with E-state index in [1.54, 1.807) is 0 Å². The Bertz CT molecular complexity index is 14.6. The van der Waals surface area contributed by atoms with E-state index in [-0.39, 0.29) is 185 Å². The Balaban J connectivity index is 0. The van der Waals surface area contributed by atoms with E-state index in [9.17, 15) is 0 Å². The molecule has 0 atom stereocenters. The molecule has 120 valence electrons. The first kappa shape index (κ1) is 360. The van der Waals surface area contributed by atoms with Crippen LogP contribution in [0.2, 0.25) is 0 Å². The monoisotopic (exact) mass is 605 g/mol. The molecule has 15 heavy (non-hydrogen) atoms. The summed E-state index contributed by atoms with van der Waals surface area (Å²) in [6.45, 7) is 0. The van der Waals surface area contributed by atoms with Crippen molar-refractivity contribution in [2.75, 3.05) is 0 Å². The van der Waals surface area contributed by atoms with Crippen LogP contribution in [0.15, 0.2) is 0 Å². The molecule has 0 heterocycles. The van der Waals surface area contributed by atoms with Crippen molar-refractivity contribution in [3.8, 4) is 0 Å². The summed E-state index contributed by atoms with van der Waals surface area (Å²) in [7, 11) is 0. The maximum atomic E-state index is 0. The number of rotatable bonds is 0. The van der Waals surface area contributed by atoms with Crippen molar-refractivity contribution in [3.05, 3.63) is 36.9 Å². The summed E-state index contributed by atoms with van der Waals surface area (Å²) in [5.41, 5.74) is 0. The van der Waals surface area contributed by atoms with Crippen molar-refractivity contribution >= 4 is 0 Å². The summed E-state index contributed by atoms with van der Waals surface area (Å²) < 4.78 is 0. The number of hydrogen-bond acceptors (Lipinski definition) is 0. The van der Waals surface area contributed by atoms with Gasteiger partial charge < -0.3 is 36.9 Å². The van der Waals surface area contributed by atoms with E-state index < -0.39 is 0 Å². The fourth-order valence-corrected chi connectivity index (χ4v) is 0. The minimum atomic E-state index is 0. The van der Waals surface area contributed by atoms with Crippen LogP contribution in [0.5, 0.6) is 0 Å². The number of nitrogens with zero attached hydrogens (tertiary/aromatic N) is 6. The van der Waals surface area contributed by atoms with Crippen molar-refractivity contribution < 1.29 is 148 Å². The summed E-state index contributed by atoms with van der Waals surface area (Å²) in [6, 6.07) is 0. The van der Waals surface area contributed by atoms with Crippen LogP contribution in [0.1, 0.15) is 0 Å². The van der Waals surface area contributed by atoms with Gasteiger partial charge in [0.25, 0.3) is 0 Å². The third-order valence-electron chi connectivity index (χ3n) is 0. The molecule has 0 saturated heterocycles. The summed E-state index contributed by atoms with van der Waals surface area (Å²) in [6.07, 6.45) is 0. The predicted molar refractivity (Wildman–Crippen MR) is 20.2 cm³/mol. The Labute approximate surface area is 183 Å². The molecule has 0 amide bonds. The molecular formula is N6Ni9. The Kier molecular flexibility index (Phi) is 7330. The number of hydrogen-bond donors (Lipinski definition) is 0. The summed E-state index contributed by atoms with van der Waals surface area (Å²) in [5, 5.41) is 0. The molecule has 0 N–H and O–H groups in total. The molecule has 15 heteroatoms. The van der Waals surface area contributed by atoms with Crippen molar-refractivity contribution in [2.24, 2.45) is 0 Å². The van der Waals surface area contributed by atoms with Crippen LogP contribution in [0.4, 0.5) is 0 Å². The smallest absolute Gasteiger partial charge is 2.00 e. The van der Waals surface area contributed by atoms with Crippen molar-refractivity contribution in [1.29, 1.82) is 0 Å². The molecule has 0 aliphatic heterocycles. The molecule has 0 aromatic carbocycles. The van der Waals surface area contributed by atoms with Crippen LogP contribution in [-0.4, -0.2) is 0 Å². The van der Waals surface area contributed by atoms with Crippen molar-refractivity contribution in [3.63, 3.8) is 0 Å². The summed E-state index contributed by atoms with van der Waals surface area (Å²) >= 11 is 0. The van der Waals surface area contributed by atoms with E-state index in [2.05, 4.69) is 0 Å². The SMILES string of the molecule is [N-3].[N-3].[N-3].[N-3].[N-3].[N-3].[Ni+2].[Ni+2].[Ni+2].[Ni+2].[Ni+2].[Ni+2].[Ni+2].[Ni+2].[Ni+2]. The molecule has 0 aromatic heterocycles. The molecular weight excluding hydrogens is 612 g/mol. The first-order valence-corrected chi connectivity index (χ1v) is 0. The van der Waals surface area contributed by atoms with Crippen LogP contribution in [0.25, 0.3) is 36.9 Å². The van der Waals surface area contributed by atoms with Gasteiger partial charge in [-0.25, -0.2) is 0 Å². The quantitative estimate of drug-likeness (QED) is 0.362. The molecule has 0 unspecified atom stereocenters. The van der Waals surface area contributed by atoms with Crippen LogP contribution >= 0.6 is 0 Å². The van der Waals surface area contributed by atoms with Gasteiger partial charge in [-0.1, -0.05) is 0 Å². The zero-order chi connectivity index (χ0) is 0. The Morgan fingerprint density at radius 3 is 0.133 bits per heavy atom. The van der Waals surface area contributed by atoms with Gasteiger partial charge in [-0.05, 0) is 0 Å². The molecule has 0 spiro atoms. The fourth-order valence-electron chi connectivity index (χ4n) is 0. The summed E-state index contributed by atoms with van der Waals surface area (Å²) in [4.78, 5) is 0. The van der Waals surface area contributed by atoms with Gasteiger partial charge in [-0.3, -0.25) is 0 Å². The first-order chi connectivity index (χ1) is 0. The second-order valence-corrected chi connectivity index (χ2v) is 0. The van der Waals surface area contributed by atoms with Gasteiger partial charge in [-0.2, -0.15) is 0 Å². The van der Waals surface area contributed by atoms with E-state index in [1.807, 2.05) is 0 Å². The van der Waals surface area contributed by atoms with Gasteiger partial charge >= 0.3 is 148 Å². The standard InChI is InChI=1S/6N.9Ni/q6*-3;9*+2. The van der Waals surface area contributed by atoms with E-state index in [0.29, 0.717) is 0 Å². The third-order valence-corrected chi connectivity index (χ3v) is 0. The average molecular weight is 612 g/mol. The van der Waals surface area contributed by atoms with Crippen LogP contribution in [0.3, 0.4) is 0 Å². The largest absolute Gasteiger partial charge is 3.00 e. The third kappa shape index (κ3) is 271. The Morgan fingerprint density at radius 1 is 0.133 bits per heavy atom. The van der Waals surface area contributed by atoms with Gasteiger partial charge in [0.1, 0.15) is 0 Å². The normalized spacial score (nSPS) is 0. The second-order valence-electron chi connectivity index (χ2n) is 0. The molecule has 6 nitrogen and oxygen atoms in total. The first-order valence-electron chi connectivity index (χ1n) is 0. The van der Waals surface area contributed by atoms with E-state index in [1.165, 1.54) is 0 Å². The Hall–Kier alpha value is 4.20. The Morgan fingerprint density at radius 2 is 0.133 bits per heavy atom. The van der Waals surface area contributed by atoms with Crippen LogP contribution < -0.4 is 0 Å². The van der Waals surface area contributed by atoms with Gasteiger partial charge in [0.2, 0.25) is 0 Å². The zero-order valence-electron chi connectivity index (χ0n) is 5.53. The molecule has 0 aromatic rings. The van der Waals surface area contributed by atoms with E-state index in [0.717, 1.165) is 0 Å². The fraction of sp³-hybridized carbons (Fsp3) is 0. The molecule has 0 rings (SSSR count). The molecule has 0 aliphatic rings. The van der Waals surface area contributed by atoms with E-state index >= 15 is 0 Å². The molecule has 0 aliphatic carbocycles. The van der Waals surface area contributed by atoms with Gasteiger partial charge in [0.05, 0.1) is 0 Å². The molecule has 0 fully saturated rings. The second kappa shape index (κ2) is 305. The van der Waals surface area contributed by atoms with Gasteiger partial charge in [0.15, 0.2) is 0 Å². The molecule has 0 radical (unpaired) electrons. The maximum Gasteiger partial charge on any atom is 2.00 e. The zero-order valence-corrected chi connectivity index (χ0v) is 14.4. The minimum Gasteiger partial charge on any atom is -3.00 e. The van der Waals surface area contributed by atoms with Gasteiger partial charge in [-0.15, -0.1) is 0 Å². The average Bonchev–Trinajstić information content (AvgIpc) is 0. The van der Waals surface area contributed by atoms with Crippen LogP contribution in [-0.2, 0) is 148 Å². The maximum absolute atomic E-state index is 0. The molecule has 0 bridgehead atoms. The minimum absolute atomic E-state index is 0. The van der Waals surface area contributed by atoms with E-state index in [4.69, 9.17) is 0 Å². The predicted octanol–water partition coefficient (Wildman–Crippen LogP) is 1.71. The van der Waals surface area contributed by atoms with Crippen LogP contribution in [0, 0.1) is 0 Å². The molecule has 0 saturated carbocycles. The van der Waals surface area contributed by atoms with Crippen molar-refractivity contribution in [1.82, 2.24) is 0 Å². The van der Waals surface area contributed by atoms with Crippen molar-refractivity contribution in [2.45, 2.75) is 0 Å². The summed E-state index contributed by atoms with van der Waals surface area (Å²) in [5.74, 6) is 0. The van der Waals surface area contributed by atoms with Gasteiger partial charge in [0, 0.05) is 0 Å². The topological polar surface area (TPSA) is 183 Å².